The van der Waals surface area contributed by atoms with Gasteiger partial charge >= 0.3 is 6.18 Å². The SMILES string of the molecule is CC(C)(C(=O)Nc1ccc(-c2cncc(Cl)c2)cc1C(F)(F)F)c1csc(NS(=O)(=O)C2CC2)n1. The Morgan fingerprint density at radius 2 is 1.86 bits per heavy atom. The van der Waals surface area contributed by atoms with Gasteiger partial charge in [0.1, 0.15) is 0 Å². The van der Waals surface area contributed by atoms with E-state index in [1.807, 2.05) is 0 Å². The molecule has 0 atom stereocenters. The molecule has 13 heteroatoms. The molecule has 1 fully saturated rings. The van der Waals surface area contributed by atoms with E-state index in [1.54, 1.807) is 0 Å². The Morgan fingerprint density at radius 1 is 1.14 bits per heavy atom. The van der Waals surface area contributed by atoms with Crippen molar-refractivity contribution in [1.82, 2.24) is 9.97 Å². The van der Waals surface area contributed by atoms with Crippen molar-refractivity contribution in [3.05, 3.63) is 58.3 Å². The van der Waals surface area contributed by atoms with Gasteiger partial charge in [-0.1, -0.05) is 17.7 Å². The molecule has 2 N–H and O–H groups in total. The van der Waals surface area contributed by atoms with Crippen molar-refractivity contribution in [1.29, 1.82) is 0 Å². The standard InChI is InChI=1S/C22H20ClF3N4O3S2/c1-21(2,18-11-34-20(29-18)30-35(32,33)15-4-5-15)19(31)28-17-6-3-12(8-16(17)22(24,25)26)13-7-14(23)10-27-9-13/h3,6-11,15H,4-5H2,1-2H3,(H,28,31)(H,29,30). The van der Waals surface area contributed by atoms with Gasteiger partial charge in [-0.05, 0) is 50.5 Å². The smallest absolute Gasteiger partial charge is 0.325 e. The minimum atomic E-state index is -4.75. The highest BCUT2D eigenvalue weighted by molar-refractivity contribution is 7.93. The Labute approximate surface area is 208 Å². The number of sulfonamides is 1. The number of halogens is 4. The third kappa shape index (κ3) is 5.60. The lowest BCUT2D eigenvalue weighted by atomic mass is 9.88. The number of nitrogens with one attached hydrogen (secondary N) is 2. The van der Waals surface area contributed by atoms with E-state index in [9.17, 15) is 26.4 Å². The predicted molar refractivity (Wildman–Crippen MR) is 129 cm³/mol. The molecular formula is C22H20ClF3N4O3S2. The molecule has 4 rings (SSSR count). The van der Waals surface area contributed by atoms with Gasteiger partial charge in [0, 0.05) is 23.3 Å². The number of rotatable bonds is 7. The van der Waals surface area contributed by atoms with E-state index in [-0.39, 0.29) is 21.4 Å². The summed E-state index contributed by atoms with van der Waals surface area (Å²) in [5.74, 6) is -0.734. The maximum Gasteiger partial charge on any atom is 0.418 e. The highest BCUT2D eigenvalue weighted by atomic mass is 35.5. The second-order valence-electron chi connectivity index (χ2n) is 8.61. The van der Waals surface area contributed by atoms with Gasteiger partial charge in [0.2, 0.25) is 15.9 Å². The number of aromatic nitrogens is 2. The van der Waals surface area contributed by atoms with Gasteiger partial charge < -0.3 is 5.32 Å². The average Bonchev–Trinajstić information content (AvgIpc) is 3.53. The molecule has 0 unspecified atom stereocenters. The van der Waals surface area contributed by atoms with Crippen LogP contribution in [0.15, 0.2) is 42.0 Å². The van der Waals surface area contributed by atoms with Crippen LogP contribution < -0.4 is 10.0 Å². The van der Waals surface area contributed by atoms with Crippen LogP contribution in [0.3, 0.4) is 0 Å². The minimum Gasteiger partial charge on any atom is -0.325 e. The van der Waals surface area contributed by atoms with Gasteiger partial charge in [-0.25, -0.2) is 13.4 Å². The van der Waals surface area contributed by atoms with Crippen molar-refractivity contribution in [2.45, 2.75) is 43.5 Å². The maximum absolute atomic E-state index is 13.9. The molecule has 2 aromatic heterocycles. The first kappa shape index (κ1) is 25.4. The normalized spacial score (nSPS) is 14.6. The summed E-state index contributed by atoms with van der Waals surface area (Å²) in [6.45, 7) is 2.99. The van der Waals surface area contributed by atoms with E-state index >= 15 is 0 Å². The fourth-order valence-electron chi connectivity index (χ4n) is 3.22. The Kier molecular flexibility index (Phi) is 6.58. The van der Waals surface area contributed by atoms with Crippen LogP contribution in [0, 0.1) is 0 Å². The summed E-state index contributed by atoms with van der Waals surface area (Å²) in [6, 6.07) is 5.01. The second-order valence-corrected chi connectivity index (χ2v) is 11.9. The van der Waals surface area contributed by atoms with Gasteiger partial charge in [0.05, 0.1) is 32.6 Å². The predicted octanol–water partition coefficient (Wildman–Crippen LogP) is 5.70. The first-order valence-corrected chi connectivity index (χ1v) is 13.2. The fraction of sp³-hybridized carbons (Fsp3) is 0.318. The number of carbonyl (C=O) groups excluding carboxylic acids is 1. The minimum absolute atomic E-state index is 0.100. The molecule has 0 spiro atoms. The molecule has 0 saturated heterocycles. The second kappa shape index (κ2) is 9.07. The third-order valence-corrected chi connectivity index (χ3v) is 8.44. The zero-order valence-electron chi connectivity index (χ0n) is 18.5. The monoisotopic (exact) mass is 544 g/mol. The van der Waals surface area contributed by atoms with E-state index in [2.05, 4.69) is 20.0 Å². The van der Waals surface area contributed by atoms with Crippen LogP contribution in [0.2, 0.25) is 5.02 Å². The largest absolute Gasteiger partial charge is 0.418 e. The number of nitrogens with zero attached hydrogens (tertiary/aromatic N) is 2. The van der Waals surface area contributed by atoms with Crippen molar-refractivity contribution in [3.8, 4) is 11.1 Å². The zero-order chi connectivity index (χ0) is 25.6. The summed E-state index contributed by atoms with van der Waals surface area (Å²) in [5, 5.41) is 3.79. The number of carbonyl (C=O) groups is 1. The molecule has 1 saturated carbocycles. The quantitative estimate of drug-likeness (QED) is 0.397. The molecule has 1 amide bonds. The van der Waals surface area contributed by atoms with Crippen LogP contribution in [0.5, 0.6) is 0 Å². The summed E-state index contributed by atoms with van der Waals surface area (Å²) < 4.78 is 68.2. The molecule has 0 radical (unpaired) electrons. The van der Waals surface area contributed by atoms with Crippen molar-refractivity contribution in [2.75, 3.05) is 10.0 Å². The molecule has 7 nitrogen and oxygen atoms in total. The van der Waals surface area contributed by atoms with Crippen molar-refractivity contribution >= 4 is 49.7 Å². The molecule has 186 valence electrons. The number of benzene rings is 1. The number of amides is 1. The van der Waals surface area contributed by atoms with Gasteiger partial charge in [-0.15, -0.1) is 11.3 Å². The van der Waals surface area contributed by atoms with E-state index in [1.165, 1.54) is 49.8 Å². The lowest BCUT2D eigenvalue weighted by Crippen LogP contribution is -2.35. The van der Waals surface area contributed by atoms with Crippen LogP contribution in [-0.4, -0.2) is 29.5 Å². The topological polar surface area (TPSA) is 101 Å². The Bertz CT molecular complexity index is 1390. The van der Waals surface area contributed by atoms with Crippen LogP contribution >= 0.6 is 22.9 Å². The summed E-state index contributed by atoms with van der Waals surface area (Å²) in [7, 11) is -3.53. The highest BCUT2D eigenvalue weighted by Crippen LogP contribution is 2.39. The van der Waals surface area contributed by atoms with Gasteiger partial charge in [0.25, 0.3) is 0 Å². The maximum atomic E-state index is 13.9. The number of alkyl halides is 3. The van der Waals surface area contributed by atoms with Crippen LogP contribution in [0.4, 0.5) is 24.0 Å². The number of pyridine rings is 1. The highest BCUT2D eigenvalue weighted by Gasteiger charge is 2.39. The van der Waals surface area contributed by atoms with E-state index in [4.69, 9.17) is 11.6 Å². The van der Waals surface area contributed by atoms with Crippen molar-refractivity contribution in [3.63, 3.8) is 0 Å². The van der Waals surface area contributed by atoms with E-state index in [0.29, 0.717) is 18.4 Å². The van der Waals surface area contributed by atoms with Crippen molar-refractivity contribution in [2.24, 2.45) is 0 Å². The van der Waals surface area contributed by atoms with Crippen molar-refractivity contribution < 1.29 is 26.4 Å². The Morgan fingerprint density at radius 3 is 2.49 bits per heavy atom. The molecule has 0 bridgehead atoms. The fourth-order valence-corrected chi connectivity index (χ4v) is 5.87. The van der Waals surface area contributed by atoms with E-state index in [0.717, 1.165) is 17.4 Å². The third-order valence-electron chi connectivity index (χ3n) is 5.52. The first-order chi connectivity index (χ1) is 16.3. The van der Waals surface area contributed by atoms with Gasteiger partial charge in [-0.2, -0.15) is 13.2 Å². The van der Waals surface area contributed by atoms with Crippen LogP contribution in [-0.2, 0) is 26.4 Å². The lowest BCUT2D eigenvalue weighted by Gasteiger charge is -2.23. The molecule has 35 heavy (non-hydrogen) atoms. The Balaban J connectivity index is 1.59. The summed E-state index contributed by atoms with van der Waals surface area (Å²) in [4.78, 5) is 21.1. The first-order valence-electron chi connectivity index (χ1n) is 10.4. The Hall–Kier alpha value is -2.70. The molecule has 1 aliphatic carbocycles. The molecule has 3 aromatic rings. The number of hydrogen-bond acceptors (Lipinski definition) is 6. The van der Waals surface area contributed by atoms with E-state index < -0.39 is 44.0 Å². The molecule has 0 aliphatic heterocycles. The summed E-state index contributed by atoms with van der Waals surface area (Å²) in [6.07, 6.45) is -0.831. The lowest BCUT2D eigenvalue weighted by molar-refractivity contribution is -0.137. The molecule has 1 aliphatic rings. The van der Waals surface area contributed by atoms with Crippen LogP contribution in [0.25, 0.3) is 11.1 Å². The average molecular weight is 545 g/mol. The zero-order valence-corrected chi connectivity index (χ0v) is 20.9. The molecule has 2 heterocycles. The van der Waals surface area contributed by atoms with Gasteiger partial charge in [-0.3, -0.25) is 14.5 Å². The van der Waals surface area contributed by atoms with Crippen LogP contribution in [0.1, 0.15) is 37.9 Å². The van der Waals surface area contributed by atoms with Gasteiger partial charge in [0.15, 0.2) is 5.13 Å². The number of thiazole rings is 1. The summed E-state index contributed by atoms with van der Waals surface area (Å²) >= 11 is 6.91. The number of hydrogen-bond donors (Lipinski definition) is 2. The summed E-state index contributed by atoms with van der Waals surface area (Å²) in [5.41, 5.74) is -1.95. The molecule has 1 aromatic carbocycles. The number of anilines is 2. The molecular weight excluding hydrogens is 525 g/mol.